The average molecular weight is 287 g/mol. The maximum absolute atomic E-state index is 12.2. The third-order valence-corrected chi connectivity index (χ3v) is 3.04. The van der Waals surface area contributed by atoms with Crippen LogP contribution in [0.1, 0.15) is 36.7 Å². The van der Waals surface area contributed by atoms with Crippen LogP contribution in [0.4, 0.5) is 5.82 Å². The fourth-order valence-corrected chi connectivity index (χ4v) is 1.84. The van der Waals surface area contributed by atoms with Crippen molar-refractivity contribution in [2.45, 2.75) is 27.2 Å². The zero-order valence-corrected chi connectivity index (χ0v) is 12.6. The van der Waals surface area contributed by atoms with E-state index in [9.17, 15) is 4.79 Å². The quantitative estimate of drug-likeness (QED) is 0.857. The van der Waals surface area contributed by atoms with E-state index in [1.165, 1.54) is 0 Å². The number of anilines is 1. The maximum Gasteiger partial charge on any atom is 0.256 e. The number of nitrogens with one attached hydrogen (secondary N) is 2. The van der Waals surface area contributed by atoms with Crippen molar-refractivity contribution in [2.75, 3.05) is 11.9 Å². The molecule has 5 nitrogen and oxygen atoms in total. The summed E-state index contributed by atoms with van der Waals surface area (Å²) < 4.78 is 5.60. The molecule has 1 aromatic heterocycles. The van der Waals surface area contributed by atoms with Crippen molar-refractivity contribution >= 4 is 11.7 Å². The van der Waals surface area contributed by atoms with Crippen molar-refractivity contribution in [1.29, 1.82) is 0 Å². The Bertz CT molecular complexity index is 588. The zero-order chi connectivity index (χ0) is 15.2. The smallest absolute Gasteiger partial charge is 0.256 e. The summed E-state index contributed by atoms with van der Waals surface area (Å²) in [6, 6.07) is 7.13. The van der Waals surface area contributed by atoms with E-state index in [0.717, 1.165) is 17.7 Å². The summed E-state index contributed by atoms with van der Waals surface area (Å²) in [5.74, 6) is 1.74. The lowest BCUT2D eigenvalue weighted by atomic mass is 10.2. The highest BCUT2D eigenvalue weighted by Gasteiger charge is 2.10. The number of aromatic amines is 1. The van der Waals surface area contributed by atoms with Gasteiger partial charge in [-0.1, -0.05) is 20.8 Å². The molecule has 0 fully saturated rings. The van der Waals surface area contributed by atoms with Gasteiger partial charge in [-0.3, -0.25) is 9.89 Å². The van der Waals surface area contributed by atoms with Crippen molar-refractivity contribution in [3.63, 3.8) is 0 Å². The van der Waals surface area contributed by atoms with E-state index in [2.05, 4.69) is 29.4 Å². The normalized spacial score (nSPS) is 10.7. The number of carbonyl (C=O) groups is 1. The van der Waals surface area contributed by atoms with Gasteiger partial charge in [-0.05, 0) is 36.6 Å². The number of carbonyl (C=O) groups excluding carboxylic acids is 1. The van der Waals surface area contributed by atoms with Crippen LogP contribution in [0.25, 0.3) is 0 Å². The molecular formula is C16H21N3O2. The van der Waals surface area contributed by atoms with Gasteiger partial charge >= 0.3 is 0 Å². The van der Waals surface area contributed by atoms with Gasteiger partial charge in [-0.2, -0.15) is 5.10 Å². The molecule has 5 heteroatoms. The average Bonchev–Trinajstić information content (AvgIpc) is 2.92. The van der Waals surface area contributed by atoms with E-state index in [1.54, 1.807) is 18.3 Å². The van der Waals surface area contributed by atoms with Crippen LogP contribution in [0.5, 0.6) is 5.75 Å². The summed E-state index contributed by atoms with van der Waals surface area (Å²) in [7, 11) is 0. The first-order valence-electron chi connectivity index (χ1n) is 7.16. The van der Waals surface area contributed by atoms with Gasteiger partial charge in [0.25, 0.3) is 5.91 Å². The highest BCUT2D eigenvalue weighted by molar-refractivity contribution is 6.04. The number of ether oxygens (including phenoxy) is 1. The lowest BCUT2D eigenvalue weighted by Crippen LogP contribution is -2.13. The Hall–Kier alpha value is -2.30. The van der Waals surface area contributed by atoms with Gasteiger partial charge in [0.15, 0.2) is 0 Å². The van der Waals surface area contributed by atoms with Crippen LogP contribution < -0.4 is 10.1 Å². The van der Waals surface area contributed by atoms with Crippen LogP contribution in [-0.2, 0) is 6.42 Å². The molecule has 1 heterocycles. The Balaban J connectivity index is 2.00. The summed E-state index contributed by atoms with van der Waals surface area (Å²) in [5, 5.41) is 9.56. The van der Waals surface area contributed by atoms with Gasteiger partial charge in [0.2, 0.25) is 0 Å². The van der Waals surface area contributed by atoms with E-state index in [-0.39, 0.29) is 5.91 Å². The highest BCUT2D eigenvalue weighted by atomic mass is 16.5. The van der Waals surface area contributed by atoms with Gasteiger partial charge in [-0.15, -0.1) is 0 Å². The molecule has 0 aliphatic carbocycles. The monoisotopic (exact) mass is 287 g/mol. The van der Waals surface area contributed by atoms with Crippen molar-refractivity contribution in [3.05, 3.63) is 41.6 Å². The Morgan fingerprint density at radius 2 is 2.05 bits per heavy atom. The van der Waals surface area contributed by atoms with Crippen LogP contribution in [0, 0.1) is 5.92 Å². The molecule has 0 unspecified atom stereocenters. The fraction of sp³-hybridized carbons (Fsp3) is 0.375. The van der Waals surface area contributed by atoms with Crippen molar-refractivity contribution in [3.8, 4) is 5.75 Å². The van der Waals surface area contributed by atoms with Crippen LogP contribution in [0.3, 0.4) is 0 Å². The first-order chi connectivity index (χ1) is 10.1. The summed E-state index contributed by atoms with van der Waals surface area (Å²) in [6.45, 7) is 6.87. The third kappa shape index (κ3) is 4.08. The molecule has 0 spiro atoms. The molecule has 0 aliphatic rings. The molecule has 2 N–H and O–H groups in total. The molecule has 0 atom stereocenters. The summed E-state index contributed by atoms with van der Waals surface area (Å²) in [6.07, 6.45) is 2.53. The maximum atomic E-state index is 12.2. The Morgan fingerprint density at radius 3 is 2.67 bits per heavy atom. The van der Waals surface area contributed by atoms with Gasteiger partial charge in [0.1, 0.15) is 11.6 Å². The van der Waals surface area contributed by atoms with Gasteiger partial charge in [0.05, 0.1) is 12.8 Å². The number of amides is 1. The molecule has 0 saturated carbocycles. The standard InChI is InChI=1S/C16H21N3O2/c1-4-12-9-17-19-15(12)18-16(20)13-5-7-14(8-6-13)21-10-11(2)3/h5-9,11H,4,10H2,1-3H3,(H2,17,18,19,20). The van der Waals surface area contributed by atoms with E-state index in [1.807, 2.05) is 19.1 Å². The number of benzene rings is 1. The minimum atomic E-state index is -0.163. The molecule has 21 heavy (non-hydrogen) atoms. The van der Waals surface area contributed by atoms with Crippen LogP contribution in [-0.4, -0.2) is 22.7 Å². The van der Waals surface area contributed by atoms with E-state index in [0.29, 0.717) is 23.9 Å². The summed E-state index contributed by atoms with van der Waals surface area (Å²) in [5.41, 5.74) is 1.57. The SMILES string of the molecule is CCc1cn[nH]c1NC(=O)c1ccc(OCC(C)C)cc1. The Morgan fingerprint density at radius 1 is 1.33 bits per heavy atom. The molecule has 1 aromatic carbocycles. The molecule has 2 rings (SSSR count). The Kier molecular flexibility index (Phi) is 4.98. The zero-order valence-electron chi connectivity index (χ0n) is 12.6. The topological polar surface area (TPSA) is 67.0 Å². The first-order valence-corrected chi connectivity index (χ1v) is 7.16. The molecule has 112 valence electrons. The van der Waals surface area contributed by atoms with E-state index in [4.69, 9.17) is 4.74 Å². The van der Waals surface area contributed by atoms with Crippen LogP contribution in [0.2, 0.25) is 0 Å². The number of aryl methyl sites for hydroxylation is 1. The molecule has 0 aliphatic heterocycles. The molecule has 0 bridgehead atoms. The summed E-state index contributed by atoms with van der Waals surface area (Å²) >= 11 is 0. The first kappa shape index (κ1) is 15.1. The number of hydrogen-bond donors (Lipinski definition) is 2. The van der Waals surface area contributed by atoms with Crippen molar-refractivity contribution in [2.24, 2.45) is 5.92 Å². The third-order valence-electron chi connectivity index (χ3n) is 3.04. The van der Waals surface area contributed by atoms with Gasteiger partial charge in [0, 0.05) is 11.1 Å². The second-order valence-electron chi connectivity index (χ2n) is 5.31. The van der Waals surface area contributed by atoms with Gasteiger partial charge in [-0.25, -0.2) is 0 Å². The van der Waals surface area contributed by atoms with Gasteiger partial charge < -0.3 is 10.1 Å². The second kappa shape index (κ2) is 6.92. The number of rotatable bonds is 6. The predicted octanol–water partition coefficient (Wildman–Crippen LogP) is 3.26. The van der Waals surface area contributed by atoms with Crippen molar-refractivity contribution < 1.29 is 9.53 Å². The van der Waals surface area contributed by atoms with E-state index >= 15 is 0 Å². The highest BCUT2D eigenvalue weighted by Crippen LogP contribution is 2.16. The fourth-order valence-electron chi connectivity index (χ4n) is 1.84. The number of hydrogen-bond acceptors (Lipinski definition) is 3. The largest absolute Gasteiger partial charge is 0.493 e. The number of H-pyrrole nitrogens is 1. The lowest BCUT2D eigenvalue weighted by molar-refractivity contribution is 0.102. The van der Waals surface area contributed by atoms with Crippen molar-refractivity contribution in [1.82, 2.24) is 10.2 Å². The Labute approximate surface area is 124 Å². The van der Waals surface area contributed by atoms with Crippen LogP contribution in [0.15, 0.2) is 30.5 Å². The summed E-state index contributed by atoms with van der Waals surface area (Å²) in [4.78, 5) is 12.2. The molecule has 0 radical (unpaired) electrons. The number of nitrogens with zero attached hydrogens (tertiary/aromatic N) is 1. The molecular weight excluding hydrogens is 266 g/mol. The predicted molar refractivity (Wildman–Crippen MR) is 82.7 cm³/mol. The molecule has 1 amide bonds. The molecule has 0 saturated heterocycles. The lowest BCUT2D eigenvalue weighted by Gasteiger charge is -2.09. The minimum absolute atomic E-state index is 0.163. The number of aromatic nitrogens is 2. The van der Waals surface area contributed by atoms with Crippen LogP contribution >= 0.6 is 0 Å². The molecule has 2 aromatic rings. The second-order valence-corrected chi connectivity index (χ2v) is 5.31. The van der Waals surface area contributed by atoms with E-state index < -0.39 is 0 Å². The minimum Gasteiger partial charge on any atom is -0.493 e.